The molecule has 8 rings (SSSR count). The summed E-state index contributed by atoms with van der Waals surface area (Å²) in [5.41, 5.74) is 8.10. The zero-order chi connectivity index (χ0) is 27.5. The van der Waals surface area contributed by atoms with Crippen LogP contribution in [0.15, 0.2) is 91.0 Å². The molecule has 0 saturated carbocycles. The number of amides is 3. The smallest absolute Gasteiger partial charge is 0.257 e. The summed E-state index contributed by atoms with van der Waals surface area (Å²) in [6.45, 7) is 4.12. The molecule has 40 heavy (non-hydrogen) atoms. The van der Waals surface area contributed by atoms with Gasteiger partial charge in [0.2, 0.25) is 11.8 Å². The van der Waals surface area contributed by atoms with E-state index >= 15 is 0 Å². The zero-order valence-corrected chi connectivity index (χ0v) is 22.6. The Balaban J connectivity index is 1.31. The average Bonchev–Trinajstić information content (AvgIpc) is 3.27. The largest absolute Gasteiger partial charge is 0.321 e. The summed E-state index contributed by atoms with van der Waals surface area (Å²) < 4.78 is 0. The molecule has 1 saturated heterocycles. The molecule has 4 aromatic rings. The maximum atomic E-state index is 14.3. The van der Waals surface area contributed by atoms with Crippen LogP contribution in [0.1, 0.15) is 69.4 Å². The number of carbonyl (C=O) groups excluding carboxylic acids is 3. The van der Waals surface area contributed by atoms with Gasteiger partial charge >= 0.3 is 0 Å². The molecule has 1 heterocycles. The molecule has 2 bridgehead atoms. The Bertz CT molecular complexity index is 1570. The summed E-state index contributed by atoms with van der Waals surface area (Å²) in [4.78, 5) is 43.6. The van der Waals surface area contributed by atoms with Crippen LogP contribution in [0.2, 0.25) is 0 Å². The second-order valence-electron chi connectivity index (χ2n) is 10.9. The van der Waals surface area contributed by atoms with Gasteiger partial charge in [-0.15, -0.1) is 0 Å². The standard InChI is InChI=1S/C35H30N2O3/c1-3-20-12-11-13-21(4-2)32(20)36-33(38)26-18-9-10-19-27(26)37-34(39)30-28-22-14-5-6-15-23(22)29(31(30)35(37)40)25-17-8-7-16-24(25)28/h5-19,28-31H,3-4H2,1-2H3,(H,36,38)/t28?,29?,30-,31-/m1/s1. The first-order valence-electron chi connectivity index (χ1n) is 14.1. The Hall–Kier alpha value is -4.51. The monoisotopic (exact) mass is 526 g/mol. The van der Waals surface area contributed by atoms with Crippen molar-refractivity contribution in [2.45, 2.75) is 38.5 Å². The highest BCUT2D eigenvalue weighted by Crippen LogP contribution is 2.61. The lowest BCUT2D eigenvalue weighted by atomic mass is 9.55. The van der Waals surface area contributed by atoms with Gasteiger partial charge in [-0.05, 0) is 58.4 Å². The first kappa shape index (κ1) is 24.5. The highest BCUT2D eigenvalue weighted by atomic mass is 16.2. The fourth-order valence-electron chi connectivity index (χ4n) is 7.36. The molecule has 1 N–H and O–H groups in total. The summed E-state index contributed by atoms with van der Waals surface area (Å²) in [6, 6.07) is 29.4. The van der Waals surface area contributed by atoms with Gasteiger partial charge in [-0.25, -0.2) is 4.90 Å². The van der Waals surface area contributed by atoms with E-state index in [1.165, 1.54) is 4.90 Å². The van der Waals surface area contributed by atoms with Crippen LogP contribution in [0.4, 0.5) is 11.4 Å². The molecule has 0 unspecified atom stereocenters. The van der Waals surface area contributed by atoms with E-state index < -0.39 is 11.8 Å². The third-order valence-electron chi connectivity index (χ3n) is 9.08. The molecule has 3 amide bonds. The number of para-hydroxylation sites is 2. The second kappa shape index (κ2) is 9.30. The number of aryl methyl sites for hydroxylation is 2. The van der Waals surface area contributed by atoms with E-state index in [9.17, 15) is 14.4 Å². The molecule has 0 aromatic heterocycles. The molecule has 0 radical (unpaired) electrons. The van der Waals surface area contributed by atoms with Crippen LogP contribution in [0, 0.1) is 11.8 Å². The normalized spacial score (nSPS) is 22.1. The fraction of sp³-hybridized carbons (Fsp3) is 0.229. The summed E-state index contributed by atoms with van der Waals surface area (Å²) in [5, 5.41) is 3.12. The predicted molar refractivity (Wildman–Crippen MR) is 156 cm³/mol. The van der Waals surface area contributed by atoms with E-state index in [2.05, 4.69) is 43.4 Å². The second-order valence-corrected chi connectivity index (χ2v) is 10.9. The van der Waals surface area contributed by atoms with E-state index in [0.717, 1.165) is 51.9 Å². The topological polar surface area (TPSA) is 66.5 Å². The molecule has 3 aliphatic carbocycles. The molecule has 2 atom stereocenters. The van der Waals surface area contributed by atoms with Gasteiger partial charge in [-0.2, -0.15) is 0 Å². The van der Waals surface area contributed by atoms with Crippen LogP contribution in [0.5, 0.6) is 0 Å². The molecule has 1 fully saturated rings. The number of anilines is 2. The summed E-state index contributed by atoms with van der Waals surface area (Å²) in [7, 11) is 0. The van der Waals surface area contributed by atoms with Crippen LogP contribution in [0.3, 0.4) is 0 Å². The van der Waals surface area contributed by atoms with Gasteiger partial charge in [-0.3, -0.25) is 14.4 Å². The lowest BCUT2D eigenvalue weighted by Crippen LogP contribution is -2.41. The number of rotatable bonds is 5. The molecular weight excluding hydrogens is 496 g/mol. The average molecular weight is 527 g/mol. The minimum Gasteiger partial charge on any atom is -0.321 e. The molecule has 5 nitrogen and oxygen atoms in total. The van der Waals surface area contributed by atoms with Crippen molar-refractivity contribution in [3.8, 4) is 0 Å². The van der Waals surface area contributed by atoms with Gasteiger partial charge in [0.05, 0.1) is 23.1 Å². The first-order chi connectivity index (χ1) is 19.5. The summed E-state index contributed by atoms with van der Waals surface area (Å²) in [6.07, 6.45) is 1.56. The van der Waals surface area contributed by atoms with Gasteiger partial charge in [0.1, 0.15) is 0 Å². The van der Waals surface area contributed by atoms with Crippen LogP contribution in [-0.4, -0.2) is 17.7 Å². The quantitative estimate of drug-likeness (QED) is 0.304. The van der Waals surface area contributed by atoms with Crippen molar-refractivity contribution in [1.82, 2.24) is 0 Å². The zero-order valence-electron chi connectivity index (χ0n) is 22.6. The van der Waals surface area contributed by atoms with Gasteiger partial charge < -0.3 is 5.32 Å². The van der Waals surface area contributed by atoms with Crippen molar-refractivity contribution in [2.75, 3.05) is 10.2 Å². The van der Waals surface area contributed by atoms with Crippen molar-refractivity contribution in [1.29, 1.82) is 0 Å². The van der Waals surface area contributed by atoms with Crippen molar-refractivity contribution in [2.24, 2.45) is 11.8 Å². The Morgan fingerprint density at radius 3 is 1.57 bits per heavy atom. The highest BCUT2D eigenvalue weighted by molar-refractivity contribution is 6.26. The van der Waals surface area contributed by atoms with Crippen molar-refractivity contribution in [3.63, 3.8) is 0 Å². The molecule has 0 spiro atoms. The molecule has 4 aliphatic rings. The highest BCUT2D eigenvalue weighted by Gasteiger charge is 2.62. The number of nitrogens with one attached hydrogen (secondary N) is 1. The number of hydrogen-bond donors (Lipinski definition) is 1. The molecule has 4 aromatic carbocycles. The number of carbonyl (C=O) groups is 3. The van der Waals surface area contributed by atoms with E-state index in [1.54, 1.807) is 24.3 Å². The number of hydrogen-bond acceptors (Lipinski definition) is 3. The van der Waals surface area contributed by atoms with Crippen molar-refractivity contribution in [3.05, 3.63) is 130 Å². The van der Waals surface area contributed by atoms with Crippen LogP contribution in [-0.2, 0) is 22.4 Å². The lowest BCUT2D eigenvalue weighted by Gasteiger charge is -2.45. The predicted octanol–water partition coefficient (Wildman–Crippen LogP) is 6.46. The van der Waals surface area contributed by atoms with Crippen LogP contribution >= 0.6 is 0 Å². The Kier molecular flexibility index (Phi) is 5.70. The van der Waals surface area contributed by atoms with Crippen molar-refractivity contribution < 1.29 is 14.4 Å². The van der Waals surface area contributed by atoms with Gasteiger partial charge in [0, 0.05) is 17.5 Å². The summed E-state index contributed by atoms with van der Waals surface area (Å²) >= 11 is 0. The van der Waals surface area contributed by atoms with Crippen molar-refractivity contribution >= 4 is 29.1 Å². The van der Waals surface area contributed by atoms with E-state index in [1.807, 2.05) is 42.5 Å². The van der Waals surface area contributed by atoms with E-state index in [4.69, 9.17) is 0 Å². The van der Waals surface area contributed by atoms with E-state index in [0.29, 0.717) is 11.3 Å². The van der Waals surface area contributed by atoms with E-state index in [-0.39, 0.29) is 29.6 Å². The fourth-order valence-corrected chi connectivity index (χ4v) is 7.36. The molecular formula is C35H30N2O3. The molecule has 198 valence electrons. The third kappa shape index (κ3) is 3.37. The van der Waals surface area contributed by atoms with Crippen LogP contribution in [0.25, 0.3) is 0 Å². The Morgan fingerprint density at radius 1 is 0.650 bits per heavy atom. The Morgan fingerprint density at radius 2 is 1.10 bits per heavy atom. The maximum absolute atomic E-state index is 14.3. The first-order valence-corrected chi connectivity index (χ1v) is 14.1. The van der Waals surface area contributed by atoms with Gasteiger partial charge in [0.15, 0.2) is 0 Å². The lowest BCUT2D eigenvalue weighted by molar-refractivity contribution is -0.122. The van der Waals surface area contributed by atoms with Gasteiger partial charge in [-0.1, -0.05) is 92.7 Å². The number of nitrogens with zero attached hydrogens (tertiary/aromatic N) is 1. The Labute approximate surface area is 233 Å². The van der Waals surface area contributed by atoms with Crippen LogP contribution < -0.4 is 10.2 Å². The summed E-state index contributed by atoms with van der Waals surface area (Å²) in [5.74, 6) is -2.13. The molecule has 1 aliphatic heterocycles. The molecule has 5 heteroatoms. The number of benzene rings is 4. The van der Waals surface area contributed by atoms with Gasteiger partial charge in [0.25, 0.3) is 5.91 Å². The third-order valence-corrected chi connectivity index (χ3v) is 9.08. The number of imide groups is 1. The SMILES string of the molecule is CCc1cccc(CC)c1NC(=O)c1ccccc1N1C(=O)[C@@H]2C3c4ccccc4C(c4ccccc43)[C@H]2C1=O. The minimum atomic E-state index is -0.495. The minimum absolute atomic E-state index is 0.187. The maximum Gasteiger partial charge on any atom is 0.257 e.